The number of carbonyl (C=O) groups excluding carboxylic acids is 1. The minimum atomic E-state index is -0.420. The lowest BCUT2D eigenvalue weighted by Crippen LogP contribution is -2.00. The minimum absolute atomic E-state index is 0.0909. The third-order valence-corrected chi connectivity index (χ3v) is 3.83. The predicted octanol–water partition coefficient (Wildman–Crippen LogP) is 4.29. The third-order valence-electron chi connectivity index (χ3n) is 3.83. The van der Waals surface area contributed by atoms with Crippen molar-refractivity contribution in [2.75, 3.05) is 12.5 Å². The van der Waals surface area contributed by atoms with E-state index in [4.69, 9.17) is 4.74 Å². The van der Waals surface area contributed by atoms with Crippen LogP contribution in [0.1, 0.15) is 15.9 Å². The van der Waals surface area contributed by atoms with Crippen LogP contribution in [0.25, 0.3) is 11.1 Å². The Kier molecular flexibility index (Phi) is 5.29. The van der Waals surface area contributed by atoms with Gasteiger partial charge in [-0.1, -0.05) is 42.5 Å². The lowest BCUT2D eigenvalue weighted by atomic mass is 10.00. The number of ether oxygens (including phenoxy) is 1. The second-order valence-electron chi connectivity index (χ2n) is 5.55. The fourth-order valence-corrected chi connectivity index (χ4v) is 2.52. The normalized spacial score (nSPS) is 10.7. The van der Waals surface area contributed by atoms with Gasteiger partial charge in [0.2, 0.25) is 0 Å². The summed E-state index contributed by atoms with van der Waals surface area (Å²) in [4.78, 5) is 11.7. The Morgan fingerprint density at radius 1 is 1.04 bits per heavy atom. The molecule has 0 aliphatic rings. The highest BCUT2D eigenvalue weighted by Gasteiger charge is 2.11. The molecule has 5 nitrogen and oxygen atoms in total. The summed E-state index contributed by atoms with van der Waals surface area (Å²) in [6.45, 7) is 0. The summed E-state index contributed by atoms with van der Waals surface area (Å²) in [6.07, 6.45) is 1.55. The number of phenols is 1. The zero-order valence-corrected chi connectivity index (χ0v) is 14.2. The van der Waals surface area contributed by atoms with Crippen LogP contribution < -0.4 is 5.43 Å². The number of para-hydroxylation sites is 2. The van der Waals surface area contributed by atoms with Gasteiger partial charge in [0.1, 0.15) is 5.75 Å². The van der Waals surface area contributed by atoms with Crippen molar-refractivity contribution in [1.29, 1.82) is 0 Å². The number of nitrogens with zero attached hydrogens (tertiary/aromatic N) is 1. The smallest absolute Gasteiger partial charge is 0.337 e. The van der Waals surface area contributed by atoms with Gasteiger partial charge in [-0.25, -0.2) is 4.79 Å². The Balaban J connectivity index is 1.87. The van der Waals surface area contributed by atoms with Crippen molar-refractivity contribution in [3.05, 3.63) is 83.9 Å². The zero-order valence-electron chi connectivity index (χ0n) is 14.2. The molecule has 3 aromatic rings. The third kappa shape index (κ3) is 3.89. The van der Waals surface area contributed by atoms with Crippen LogP contribution >= 0.6 is 0 Å². The number of rotatable bonds is 5. The molecule has 2 N–H and O–H groups in total. The topological polar surface area (TPSA) is 70.9 Å². The number of nitrogens with one attached hydrogen (secondary N) is 1. The molecule has 0 saturated carbocycles. The van der Waals surface area contributed by atoms with Crippen LogP contribution in [0.5, 0.6) is 5.75 Å². The number of hydrazone groups is 1. The number of phenolic OH excluding ortho intramolecular Hbond substituents is 1. The van der Waals surface area contributed by atoms with E-state index in [-0.39, 0.29) is 5.75 Å². The van der Waals surface area contributed by atoms with Gasteiger partial charge in [0.15, 0.2) is 0 Å². The molecule has 3 aromatic carbocycles. The Bertz CT molecular complexity index is 937. The maximum atomic E-state index is 11.7. The molecular formula is C21H18N2O3. The molecule has 0 aromatic heterocycles. The van der Waals surface area contributed by atoms with Crippen molar-refractivity contribution in [2.45, 2.75) is 0 Å². The highest BCUT2D eigenvalue weighted by atomic mass is 16.5. The fourth-order valence-electron chi connectivity index (χ4n) is 2.52. The van der Waals surface area contributed by atoms with Gasteiger partial charge >= 0.3 is 5.97 Å². The molecule has 0 amide bonds. The lowest BCUT2D eigenvalue weighted by Gasteiger charge is -2.09. The number of aromatic hydroxyl groups is 1. The minimum Gasteiger partial charge on any atom is -0.507 e. The van der Waals surface area contributed by atoms with Gasteiger partial charge in [0, 0.05) is 11.1 Å². The Morgan fingerprint density at radius 3 is 2.58 bits per heavy atom. The molecule has 0 radical (unpaired) electrons. The standard InChI is InChI=1S/C21H18N2O3/c1-26-21(25)16-8-5-7-15(13-16)19-12-6-9-17(20(19)24)14-22-23-18-10-3-2-4-11-18/h2-14,23-24H,1H3. The monoisotopic (exact) mass is 346 g/mol. The molecule has 0 aliphatic heterocycles. The van der Waals surface area contributed by atoms with Crippen molar-refractivity contribution in [3.63, 3.8) is 0 Å². The molecule has 0 aliphatic carbocycles. The molecule has 0 atom stereocenters. The van der Waals surface area contributed by atoms with E-state index in [9.17, 15) is 9.90 Å². The summed E-state index contributed by atoms with van der Waals surface area (Å²) in [5.41, 5.74) is 6.08. The number of anilines is 1. The van der Waals surface area contributed by atoms with Gasteiger partial charge in [-0.05, 0) is 35.9 Å². The molecule has 130 valence electrons. The Hall–Kier alpha value is -3.60. The van der Waals surface area contributed by atoms with Crippen LogP contribution in [0.4, 0.5) is 5.69 Å². The van der Waals surface area contributed by atoms with E-state index in [0.29, 0.717) is 16.7 Å². The first-order valence-electron chi connectivity index (χ1n) is 8.04. The summed E-state index contributed by atoms with van der Waals surface area (Å²) >= 11 is 0. The van der Waals surface area contributed by atoms with E-state index in [2.05, 4.69) is 10.5 Å². The largest absolute Gasteiger partial charge is 0.507 e. The number of benzene rings is 3. The maximum Gasteiger partial charge on any atom is 0.337 e. The molecule has 0 fully saturated rings. The molecule has 0 unspecified atom stereocenters. The SMILES string of the molecule is COC(=O)c1cccc(-c2cccc(C=NNc3ccccc3)c2O)c1. The van der Waals surface area contributed by atoms with Crippen molar-refractivity contribution in [1.82, 2.24) is 0 Å². The molecule has 26 heavy (non-hydrogen) atoms. The average Bonchev–Trinajstić information content (AvgIpc) is 2.69. The van der Waals surface area contributed by atoms with Gasteiger partial charge in [-0.2, -0.15) is 5.10 Å². The summed E-state index contributed by atoms with van der Waals surface area (Å²) in [6, 6.07) is 21.8. The van der Waals surface area contributed by atoms with E-state index >= 15 is 0 Å². The predicted molar refractivity (Wildman–Crippen MR) is 103 cm³/mol. The van der Waals surface area contributed by atoms with Gasteiger partial charge < -0.3 is 9.84 Å². The lowest BCUT2D eigenvalue weighted by molar-refractivity contribution is 0.0601. The van der Waals surface area contributed by atoms with Crippen molar-refractivity contribution >= 4 is 17.9 Å². The summed E-state index contributed by atoms with van der Waals surface area (Å²) in [5.74, 6) is -0.329. The van der Waals surface area contributed by atoms with E-state index in [0.717, 1.165) is 11.3 Å². The van der Waals surface area contributed by atoms with E-state index in [1.165, 1.54) is 7.11 Å². The summed E-state index contributed by atoms with van der Waals surface area (Å²) < 4.78 is 4.75. The highest BCUT2D eigenvalue weighted by molar-refractivity contribution is 5.93. The molecule has 0 saturated heterocycles. The number of hydrogen-bond donors (Lipinski definition) is 2. The van der Waals surface area contributed by atoms with Gasteiger partial charge in [0.05, 0.1) is 24.6 Å². The molecule has 0 spiro atoms. The zero-order chi connectivity index (χ0) is 18.4. The highest BCUT2D eigenvalue weighted by Crippen LogP contribution is 2.32. The van der Waals surface area contributed by atoms with Crippen LogP contribution in [-0.4, -0.2) is 24.4 Å². The second-order valence-corrected chi connectivity index (χ2v) is 5.55. The van der Waals surface area contributed by atoms with Crippen molar-refractivity contribution in [2.24, 2.45) is 5.10 Å². The van der Waals surface area contributed by atoms with E-state index < -0.39 is 5.97 Å². The van der Waals surface area contributed by atoms with Gasteiger partial charge in [-0.3, -0.25) is 5.43 Å². The molecule has 0 bridgehead atoms. The number of hydrogen-bond acceptors (Lipinski definition) is 5. The quantitative estimate of drug-likeness (QED) is 0.411. The van der Waals surface area contributed by atoms with Crippen LogP contribution in [0.15, 0.2) is 77.9 Å². The Morgan fingerprint density at radius 2 is 1.81 bits per heavy atom. The molecule has 5 heteroatoms. The number of methoxy groups -OCH3 is 1. The maximum absolute atomic E-state index is 11.7. The molecule has 0 heterocycles. The van der Waals surface area contributed by atoms with Crippen LogP contribution in [0.3, 0.4) is 0 Å². The van der Waals surface area contributed by atoms with Crippen LogP contribution in [0, 0.1) is 0 Å². The molecule has 3 rings (SSSR count). The van der Waals surface area contributed by atoms with Crippen LogP contribution in [-0.2, 0) is 4.74 Å². The van der Waals surface area contributed by atoms with E-state index in [1.807, 2.05) is 42.5 Å². The van der Waals surface area contributed by atoms with Gasteiger partial charge in [0.25, 0.3) is 0 Å². The number of carbonyl (C=O) groups is 1. The van der Waals surface area contributed by atoms with Crippen molar-refractivity contribution in [3.8, 4) is 16.9 Å². The summed E-state index contributed by atoms with van der Waals surface area (Å²) in [7, 11) is 1.34. The second kappa shape index (κ2) is 7.98. The van der Waals surface area contributed by atoms with Crippen molar-refractivity contribution < 1.29 is 14.6 Å². The Labute approximate surface area is 151 Å². The summed E-state index contributed by atoms with van der Waals surface area (Å²) in [5, 5.41) is 14.7. The first kappa shape index (κ1) is 17.2. The number of esters is 1. The first-order chi connectivity index (χ1) is 12.7. The first-order valence-corrected chi connectivity index (χ1v) is 8.04. The fraction of sp³-hybridized carbons (Fsp3) is 0.0476. The van der Waals surface area contributed by atoms with Crippen LogP contribution in [0.2, 0.25) is 0 Å². The van der Waals surface area contributed by atoms with E-state index in [1.54, 1.807) is 36.5 Å². The molecular weight excluding hydrogens is 328 g/mol. The van der Waals surface area contributed by atoms with Gasteiger partial charge in [-0.15, -0.1) is 0 Å². The average molecular weight is 346 g/mol.